The fourth-order valence-corrected chi connectivity index (χ4v) is 3.92. The number of carbonyl (C=O) groups is 3. The standard InChI is InChI=1S/C18H27N5O4/c1-17(2,3)23-12(9-13(21-23)27-15(19)25)10-6-7-11(8-10)22-14(24)18(4,5)20-16(22)26/h9-11H,6-8H2,1-5H3,(H2,19,25)(H,20,26). The molecule has 2 fully saturated rings. The molecule has 9 heteroatoms. The molecule has 0 spiro atoms. The Morgan fingerprint density at radius 2 is 2.00 bits per heavy atom. The second kappa shape index (κ2) is 6.24. The SMILES string of the molecule is CC1(C)NC(=O)N(C2CCC(c3cc(OC(N)=O)nn3C(C)(C)C)C2)C1=O. The quantitative estimate of drug-likeness (QED) is 0.781. The highest BCUT2D eigenvalue weighted by Gasteiger charge is 2.49. The maximum atomic E-state index is 12.6. The van der Waals surface area contributed by atoms with Gasteiger partial charge in [0.1, 0.15) is 5.54 Å². The van der Waals surface area contributed by atoms with Crippen molar-refractivity contribution in [1.29, 1.82) is 0 Å². The lowest BCUT2D eigenvalue weighted by atomic mass is 10.0. The number of hydrogen-bond acceptors (Lipinski definition) is 5. The lowest BCUT2D eigenvalue weighted by Crippen LogP contribution is -2.42. The first kappa shape index (κ1) is 19.2. The van der Waals surface area contributed by atoms with E-state index in [1.54, 1.807) is 19.9 Å². The van der Waals surface area contributed by atoms with Crippen molar-refractivity contribution in [2.45, 2.75) is 76.9 Å². The first-order valence-electron chi connectivity index (χ1n) is 9.13. The van der Waals surface area contributed by atoms with E-state index in [-0.39, 0.29) is 35.3 Å². The van der Waals surface area contributed by atoms with Crippen LogP contribution in [0.4, 0.5) is 9.59 Å². The highest BCUT2D eigenvalue weighted by Crippen LogP contribution is 2.41. The Kier molecular flexibility index (Phi) is 4.44. The number of rotatable bonds is 3. The molecule has 0 radical (unpaired) electrons. The monoisotopic (exact) mass is 377 g/mol. The Hall–Kier alpha value is -2.58. The summed E-state index contributed by atoms with van der Waals surface area (Å²) in [6.45, 7) is 9.43. The summed E-state index contributed by atoms with van der Waals surface area (Å²) in [4.78, 5) is 37.3. The van der Waals surface area contributed by atoms with E-state index in [2.05, 4.69) is 10.4 Å². The van der Waals surface area contributed by atoms with E-state index >= 15 is 0 Å². The number of nitrogens with zero attached hydrogens (tertiary/aromatic N) is 3. The second-order valence-electron chi connectivity index (χ2n) is 8.81. The maximum Gasteiger partial charge on any atom is 0.411 e. The fourth-order valence-electron chi connectivity index (χ4n) is 3.92. The zero-order valence-corrected chi connectivity index (χ0v) is 16.4. The summed E-state index contributed by atoms with van der Waals surface area (Å²) in [6.07, 6.45) is 1.26. The van der Waals surface area contributed by atoms with Crippen molar-refractivity contribution >= 4 is 18.0 Å². The number of nitrogens with two attached hydrogens (primary N) is 1. The van der Waals surface area contributed by atoms with Crippen LogP contribution < -0.4 is 15.8 Å². The van der Waals surface area contributed by atoms with Crippen LogP contribution in [0.1, 0.15) is 65.5 Å². The van der Waals surface area contributed by atoms with Gasteiger partial charge in [0.2, 0.25) is 5.88 Å². The molecule has 1 aromatic heterocycles. The van der Waals surface area contributed by atoms with E-state index in [1.807, 2.05) is 25.5 Å². The summed E-state index contributed by atoms with van der Waals surface area (Å²) in [7, 11) is 0. The van der Waals surface area contributed by atoms with Gasteiger partial charge < -0.3 is 15.8 Å². The second-order valence-corrected chi connectivity index (χ2v) is 8.81. The zero-order chi connectivity index (χ0) is 20.1. The van der Waals surface area contributed by atoms with Gasteiger partial charge in [-0.05, 0) is 53.9 Å². The Balaban J connectivity index is 1.85. The highest BCUT2D eigenvalue weighted by molar-refractivity contribution is 6.06. The van der Waals surface area contributed by atoms with Gasteiger partial charge in [0, 0.05) is 23.7 Å². The minimum absolute atomic E-state index is 0.0938. The Labute approximate surface area is 158 Å². The third-order valence-electron chi connectivity index (χ3n) is 5.14. The van der Waals surface area contributed by atoms with Gasteiger partial charge in [-0.1, -0.05) is 0 Å². The van der Waals surface area contributed by atoms with Gasteiger partial charge in [0.15, 0.2) is 0 Å². The van der Waals surface area contributed by atoms with Crippen LogP contribution in [-0.2, 0) is 10.3 Å². The van der Waals surface area contributed by atoms with Crippen LogP contribution in [0, 0.1) is 0 Å². The lowest BCUT2D eigenvalue weighted by Gasteiger charge is -2.25. The van der Waals surface area contributed by atoms with Crippen LogP contribution in [0.3, 0.4) is 0 Å². The molecule has 4 amide bonds. The Morgan fingerprint density at radius 3 is 2.52 bits per heavy atom. The van der Waals surface area contributed by atoms with Crippen LogP contribution in [0.5, 0.6) is 5.88 Å². The largest absolute Gasteiger partial charge is 0.411 e. The van der Waals surface area contributed by atoms with Gasteiger partial charge >= 0.3 is 12.1 Å². The third kappa shape index (κ3) is 3.50. The summed E-state index contributed by atoms with van der Waals surface area (Å²) in [6, 6.07) is 1.23. The van der Waals surface area contributed by atoms with Crippen LogP contribution in [-0.4, -0.2) is 44.3 Å². The zero-order valence-electron chi connectivity index (χ0n) is 16.4. The van der Waals surface area contributed by atoms with Gasteiger partial charge in [-0.3, -0.25) is 14.4 Å². The first-order chi connectivity index (χ1) is 12.4. The molecule has 1 saturated carbocycles. The average molecular weight is 377 g/mol. The molecule has 0 aromatic carbocycles. The lowest BCUT2D eigenvalue weighted by molar-refractivity contribution is -0.131. The van der Waals surface area contributed by atoms with Crippen molar-refractivity contribution in [1.82, 2.24) is 20.0 Å². The van der Waals surface area contributed by atoms with Crippen LogP contribution in [0.15, 0.2) is 6.07 Å². The molecule has 1 aromatic rings. The summed E-state index contributed by atoms with van der Waals surface area (Å²) < 4.78 is 6.78. The van der Waals surface area contributed by atoms with Gasteiger partial charge in [-0.25, -0.2) is 9.59 Å². The molecular formula is C18H27N5O4. The number of ether oxygens (including phenoxy) is 1. The molecule has 1 aliphatic heterocycles. The van der Waals surface area contributed by atoms with E-state index in [9.17, 15) is 14.4 Å². The van der Waals surface area contributed by atoms with Crippen molar-refractivity contribution in [2.24, 2.45) is 5.73 Å². The van der Waals surface area contributed by atoms with Gasteiger partial charge in [-0.2, -0.15) is 0 Å². The summed E-state index contributed by atoms with van der Waals surface area (Å²) in [5, 5.41) is 7.11. The number of carbonyl (C=O) groups excluding carboxylic acids is 3. The molecule has 2 aliphatic rings. The van der Waals surface area contributed by atoms with Crippen LogP contribution in [0.2, 0.25) is 0 Å². The third-order valence-corrected chi connectivity index (χ3v) is 5.14. The van der Waals surface area contributed by atoms with Crippen molar-refractivity contribution in [3.8, 4) is 5.88 Å². The van der Waals surface area contributed by atoms with Crippen molar-refractivity contribution in [3.63, 3.8) is 0 Å². The van der Waals surface area contributed by atoms with Crippen molar-refractivity contribution in [3.05, 3.63) is 11.8 Å². The molecule has 3 rings (SSSR count). The molecule has 1 aliphatic carbocycles. The number of primary amides is 1. The summed E-state index contributed by atoms with van der Waals surface area (Å²) in [5.41, 5.74) is 4.82. The Bertz CT molecular complexity index is 792. The number of nitrogens with one attached hydrogen (secondary N) is 1. The number of aromatic nitrogens is 2. The van der Waals surface area contributed by atoms with Gasteiger partial charge in [0.25, 0.3) is 5.91 Å². The summed E-state index contributed by atoms with van der Waals surface area (Å²) in [5.74, 6) is 0.0588. The average Bonchev–Trinajstić information content (AvgIpc) is 3.16. The number of imide groups is 1. The van der Waals surface area contributed by atoms with Crippen LogP contribution in [0.25, 0.3) is 0 Å². The predicted octanol–water partition coefficient (Wildman–Crippen LogP) is 2.06. The van der Waals surface area contributed by atoms with Crippen LogP contribution >= 0.6 is 0 Å². The minimum Gasteiger partial charge on any atom is -0.390 e. The molecular weight excluding hydrogens is 350 g/mol. The molecule has 1 saturated heterocycles. The van der Waals surface area contributed by atoms with Crippen molar-refractivity contribution in [2.75, 3.05) is 0 Å². The van der Waals surface area contributed by atoms with E-state index in [0.29, 0.717) is 6.42 Å². The number of amides is 4. The normalized spacial score (nSPS) is 25.0. The number of hydrogen-bond donors (Lipinski definition) is 2. The smallest absolute Gasteiger partial charge is 0.390 e. The van der Waals surface area contributed by atoms with E-state index in [4.69, 9.17) is 10.5 Å². The van der Waals surface area contributed by atoms with E-state index in [0.717, 1.165) is 18.5 Å². The molecule has 3 N–H and O–H groups in total. The highest BCUT2D eigenvalue weighted by atomic mass is 16.6. The fraction of sp³-hybridized carbons (Fsp3) is 0.667. The molecule has 2 atom stereocenters. The molecule has 0 bridgehead atoms. The van der Waals surface area contributed by atoms with E-state index < -0.39 is 11.6 Å². The molecule has 2 heterocycles. The number of urea groups is 1. The predicted molar refractivity (Wildman–Crippen MR) is 97.3 cm³/mol. The van der Waals surface area contributed by atoms with Gasteiger partial charge in [0.05, 0.1) is 5.54 Å². The maximum absolute atomic E-state index is 12.6. The molecule has 27 heavy (non-hydrogen) atoms. The van der Waals surface area contributed by atoms with E-state index in [1.165, 1.54) is 4.90 Å². The minimum atomic E-state index is -0.911. The molecule has 9 nitrogen and oxygen atoms in total. The molecule has 148 valence electrons. The topological polar surface area (TPSA) is 120 Å². The van der Waals surface area contributed by atoms with Gasteiger partial charge in [-0.15, -0.1) is 5.10 Å². The summed E-state index contributed by atoms with van der Waals surface area (Å²) >= 11 is 0. The van der Waals surface area contributed by atoms with Crippen molar-refractivity contribution < 1.29 is 19.1 Å². The first-order valence-corrected chi connectivity index (χ1v) is 9.13. The Morgan fingerprint density at radius 1 is 1.33 bits per heavy atom. The molecule has 2 unspecified atom stereocenters.